The van der Waals surface area contributed by atoms with Crippen molar-refractivity contribution in [3.05, 3.63) is 17.7 Å². The maximum absolute atomic E-state index is 11.0. The number of hydrogen-bond donors (Lipinski definition) is 1. The fourth-order valence-corrected chi connectivity index (χ4v) is 1.53. The van der Waals surface area contributed by atoms with Gasteiger partial charge in [0.1, 0.15) is 0 Å². The number of rotatable bonds is 7. The summed E-state index contributed by atoms with van der Waals surface area (Å²) in [6.07, 6.45) is 0.154. The van der Waals surface area contributed by atoms with Crippen molar-refractivity contribution in [2.24, 2.45) is 5.73 Å². The van der Waals surface area contributed by atoms with Gasteiger partial charge >= 0.3 is 5.97 Å². The minimum atomic E-state index is -0.337. The van der Waals surface area contributed by atoms with Crippen molar-refractivity contribution in [1.29, 1.82) is 0 Å². The van der Waals surface area contributed by atoms with Crippen molar-refractivity contribution < 1.29 is 23.7 Å². The third-order valence-corrected chi connectivity index (χ3v) is 2.54. The first-order chi connectivity index (χ1) is 9.15. The summed E-state index contributed by atoms with van der Waals surface area (Å²) in [5, 5.41) is 0. The number of ether oxygens (including phenoxy) is 4. The molecule has 0 unspecified atom stereocenters. The Morgan fingerprint density at radius 1 is 1.16 bits per heavy atom. The number of methoxy groups -OCH3 is 3. The van der Waals surface area contributed by atoms with Crippen LogP contribution >= 0.6 is 0 Å². The van der Waals surface area contributed by atoms with E-state index in [1.54, 1.807) is 12.1 Å². The average molecular weight is 269 g/mol. The normalized spacial score (nSPS) is 9.89. The Balaban J connectivity index is 2.88. The van der Waals surface area contributed by atoms with E-state index in [9.17, 15) is 4.79 Å². The molecule has 2 N–H and O–H groups in total. The molecule has 0 atom stereocenters. The van der Waals surface area contributed by atoms with Crippen molar-refractivity contribution >= 4 is 5.97 Å². The molecular weight excluding hydrogens is 250 g/mol. The van der Waals surface area contributed by atoms with Gasteiger partial charge in [-0.15, -0.1) is 0 Å². The Bertz CT molecular complexity index is 408. The molecule has 0 heterocycles. The molecule has 1 rings (SSSR count). The molecule has 1 aromatic carbocycles. The van der Waals surface area contributed by atoms with Gasteiger partial charge in [-0.3, -0.25) is 4.79 Å². The van der Waals surface area contributed by atoms with Gasteiger partial charge in [0, 0.05) is 6.54 Å². The predicted molar refractivity (Wildman–Crippen MR) is 69.6 cm³/mol. The lowest BCUT2D eigenvalue weighted by Gasteiger charge is -2.15. The Labute approximate surface area is 112 Å². The molecule has 0 radical (unpaired) electrons. The van der Waals surface area contributed by atoms with E-state index in [1.165, 1.54) is 21.3 Å². The van der Waals surface area contributed by atoms with E-state index in [1.807, 2.05) is 0 Å². The highest BCUT2D eigenvalue weighted by atomic mass is 16.5. The molecule has 0 saturated heterocycles. The molecule has 1 aromatic rings. The summed E-state index contributed by atoms with van der Waals surface area (Å²) in [6.45, 7) is 0.552. The van der Waals surface area contributed by atoms with E-state index < -0.39 is 0 Å². The molecule has 0 amide bonds. The van der Waals surface area contributed by atoms with Crippen molar-refractivity contribution in [3.8, 4) is 17.2 Å². The molecule has 0 aliphatic rings. The molecule has 19 heavy (non-hydrogen) atoms. The maximum Gasteiger partial charge on any atom is 0.308 e. The van der Waals surface area contributed by atoms with Crippen molar-refractivity contribution in [1.82, 2.24) is 0 Å². The van der Waals surface area contributed by atoms with Gasteiger partial charge in [-0.2, -0.15) is 0 Å². The van der Waals surface area contributed by atoms with E-state index >= 15 is 0 Å². The summed E-state index contributed by atoms with van der Waals surface area (Å²) in [4.78, 5) is 11.0. The van der Waals surface area contributed by atoms with Gasteiger partial charge in [-0.25, -0.2) is 0 Å². The zero-order valence-electron chi connectivity index (χ0n) is 11.4. The van der Waals surface area contributed by atoms with E-state index in [-0.39, 0.29) is 19.0 Å². The van der Waals surface area contributed by atoms with Crippen molar-refractivity contribution in [2.75, 3.05) is 27.9 Å². The number of esters is 1. The predicted octanol–water partition coefficient (Wildman–Crippen LogP) is 1.10. The second-order valence-electron chi connectivity index (χ2n) is 3.71. The van der Waals surface area contributed by atoms with E-state index in [4.69, 9.17) is 19.9 Å². The molecule has 0 fully saturated rings. The molecule has 0 aliphatic heterocycles. The first-order valence-electron chi connectivity index (χ1n) is 5.80. The number of carbonyl (C=O) groups is 1. The van der Waals surface area contributed by atoms with Gasteiger partial charge < -0.3 is 24.7 Å². The fourth-order valence-electron chi connectivity index (χ4n) is 1.53. The second kappa shape index (κ2) is 7.48. The molecule has 0 aromatic heterocycles. The highest BCUT2D eigenvalue weighted by Crippen LogP contribution is 2.38. The minimum Gasteiger partial charge on any atom is -0.493 e. The third kappa shape index (κ3) is 4.03. The van der Waals surface area contributed by atoms with Crippen LogP contribution in [0.1, 0.15) is 12.0 Å². The smallest absolute Gasteiger partial charge is 0.308 e. The first-order valence-corrected chi connectivity index (χ1v) is 5.80. The zero-order chi connectivity index (χ0) is 14.3. The highest BCUT2D eigenvalue weighted by Gasteiger charge is 2.14. The highest BCUT2D eigenvalue weighted by molar-refractivity contribution is 5.69. The maximum atomic E-state index is 11.0. The van der Waals surface area contributed by atoms with Crippen LogP contribution in [0.5, 0.6) is 17.2 Å². The summed E-state index contributed by atoms with van der Waals surface area (Å²) in [7, 11) is 4.39. The van der Waals surface area contributed by atoms with Gasteiger partial charge in [-0.05, 0) is 17.7 Å². The molecule has 0 saturated carbocycles. The summed E-state index contributed by atoms with van der Waals surface area (Å²) in [5.74, 6) is 1.15. The van der Waals surface area contributed by atoms with Crippen LogP contribution in [0.15, 0.2) is 12.1 Å². The average Bonchev–Trinajstić information content (AvgIpc) is 2.46. The van der Waals surface area contributed by atoms with Crippen LogP contribution in [0.2, 0.25) is 0 Å². The summed E-state index contributed by atoms with van der Waals surface area (Å²) < 4.78 is 20.5. The van der Waals surface area contributed by atoms with Gasteiger partial charge in [0.15, 0.2) is 11.5 Å². The Morgan fingerprint density at radius 3 is 2.16 bits per heavy atom. The van der Waals surface area contributed by atoms with Gasteiger partial charge in [0.2, 0.25) is 5.75 Å². The lowest BCUT2D eigenvalue weighted by atomic mass is 10.2. The Kier molecular flexibility index (Phi) is 5.95. The van der Waals surface area contributed by atoms with Crippen molar-refractivity contribution in [2.45, 2.75) is 13.0 Å². The number of benzene rings is 1. The van der Waals surface area contributed by atoms with E-state index in [0.29, 0.717) is 23.8 Å². The molecule has 0 aliphatic carbocycles. The lowest BCUT2D eigenvalue weighted by Crippen LogP contribution is -2.09. The largest absolute Gasteiger partial charge is 0.493 e. The van der Waals surface area contributed by atoms with Crippen LogP contribution in [0, 0.1) is 0 Å². The monoisotopic (exact) mass is 269 g/mol. The van der Waals surface area contributed by atoms with Crippen LogP contribution in [0.3, 0.4) is 0 Å². The van der Waals surface area contributed by atoms with Crippen LogP contribution in [-0.4, -0.2) is 33.9 Å². The van der Waals surface area contributed by atoms with E-state index in [2.05, 4.69) is 4.74 Å². The van der Waals surface area contributed by atoms with Crippen LogP contribution in [0.4, 0.5) is 0 Å². The number of nitrogens with two attached hydrogens (primary N) is 1. The quantitative estimate of drug-likeness (QED) is 0.747. The van der Waals surface area contributed by atoms with Crippen LogP contribution in [0.25, 0.3) is 0 Å². The molecule has 6 heteroatoms. The SMILES string of the molecule is COC(=O)CCOc1c(OC)cc(CN)cc1OC. The van der Waals surface area contributed by atoms with Gasteiger partial charge in [-0.1, -0.05) is 0 Å². The van der Waals surface area contributed by atoms with Crippen molar-refractivity contribution in [3.63, 3.8) is 0 Å². The van der Waals surface area contributed by atoms with Gasteiger partial charge in [0.25, 0.3) is 0 Å². The van der Waals surface area contributed by atoms with E-state index in [0.717, 1.165) is 5.56 Å². The lowest BCUT2D eigenvalue weighted by molar-refractivity contribution is -0.141. The minimum absolute atomic E-state index is 0.154. The summed E-state index contributed by atoms with van der Waals surface area (Å²) in [6, 6.07) is 3.55. The van der Waals surface area contributed by atoms with Crippen LogP contribution < -0.4 is 19.9 Å². The molecule has 6 nitrogen and oxygen atoms in total. The topological polar surface area (TPSA) is 80.0 Å². The first kappa shape index (κ1) is 15.1. The van der Waals surface area contributed by atoms with Gasteiger partial charge in [0.05, 0.1) is 34.4 Å². The number of hydrogen-bond acceptors (Lipinski definition) is 6. The standard InChI is InChI=1S/C13H19NO5/c1-16-10-6-9(8-14)7-11(17-2)13(10)19-5-4-12(15)18-3/h6-7H,4-5,8,14H2,1-3H3. The molecular formula is C13H19NO5. The fraction of sp³-hybridized carbons (Fsp3) is 0.462. The molecule has 106 valence electrons. The molecule has 0 spiro atoms. The third-order valence-electron chi connectivity index (χ3n) is 2.54. The summed E-state index contributed by atoms with van der Waals surface area (Å²) >= 11 is 0. The molecule has 0 bridgehead atoms. The summed E-state index contributed by atoms with van der Waals surface area (Å²) in [5.41, 5.74) is 6.46. The number of carbonyl (C=O) groups excluding carboxylic acids is 1. The Morgan fingerprint density at radius 2 is 1.74 bits per heavy atom. The van der Waals surface area contributed by atoms with Crippen LogP contribution in [-0.2, 0) is 16.1 Å². The second-order valence-corrected chi connectivity index (χ2v) is 3.71. The Hall–Kier alpha value is -1.95. The zero-order valence-corrected chi connectivity index (χ0v) is 11.4.